The fourth-order valence-electron chi connectivity index (χ4n) is 2.78. The van der Waals surface area contributed by atoms with Crippen LogP contribution in [0.25, 0.3) is 0 Å². The van der Waals surface area contributed by atoms with Crippen LogP contribution < -0.4 is 10.1 Å². The summed E-state index contributed by atoms with van der Waals surface area (Å²) in [7, 11) is 0. The van der Waals surface area contributed by atoms with Gasteiger partial charge in [-0.2, -0.15) is 0 Å². The topological polar surface area (TPSA) is 81.5 Å². The summed E-state index contributed by atoms with van der Waals surface area (Å²) < 4.78 is 5.79. The first kappa shape index (κ1) is 22.7. The van der Waals surface area contributed by atoms with Gasteiger partial charge in [-0.15, -0.1) is 0 Å². The summed E-state index contributed by atoms with van der Waals surface area (Å²) in [6.07, 6.45) is 0. The second-order valence-corrected chi connectivity index (χ2v) is 9.38. The Morgan fingerprint density at radius 2 is 1.72 bits per heavy atom. The molecular weight excluding hydrogens is 392 g/mol. The van der Waals surface area contributed by atoms with Crippen molar-refractivity contribution in [1.82, 2.24) is 0 Å². The number of nitrogens with zero attached hydrogens (tertiary/aromatic N) is 1. The van der Waals surface area contributed by atoms with Crippen LogP contribution in [0.1, 0.15) is 52.7 Å². The van der Waals surface area contributed by atoms with Crippen molar-refractivity contribution in [2.24, 2.45) is 0 Å². The van der Waals surface area contributed by atoms with E-state index in [-0.39, 0.29) is 33.8 Å². The highest BCUT2D eigenvalue weighted by atomic mass is 35.5. The predicted molar refractivity (Wildman–Crippen MR) is 116 cm³/mol. The van der Waals surface area contributed by atoms with Crippen molar-refractivity contribution in [2.45, 2.75) is 52.4 Å². The van der Waals surface area contributed by atoms with Gasteiger partial charge in [-0.05, 0) is 40.2 Å². The number of carbonyl (C=O) groups excluding carboxylic acids is 1. The molecule has 0 unspecified atom stereocenters. The largest absolute Gasteiger partial charge is 0.483 e. The van der Waals surface area contributed by atoms with Crippen molar-refractivity contribution in [2.75, 3.05) is 11.9 Å². The highest BCUT2D eigenvalue weighted by Gasteiger charge is 2.23. The van der Waals surface area contributed by atoms with Gasteiger partial charge in [0, 0.05) is 11.8 Å². The lowest BCUT2D eigenvalue weighted by molar-refractivity contribution is -0.384. The molecule has 156 valence electrons. The third-order valence-corrected chi connectivity index (χ3v) is 4.76. The Kier molecular flexibility index (Phi) is 6.58. The molecule has 7 heteroatoms. The van der Waals surface area contributed by atoms with Gasteiger partial charge in [0.1, 0.15) is 10.8 Å². The molecule has 0 spiro atoms. The minimum atomic E-state index is -0.596. The molecule has 0 bridgehead atoms. The van der Waals surface area contributed by atoms with Crippen molar-refractivity contribution < 1.29 is 14.5 Å². The number of rotatable bonds is 5. The summed E-state index contributed by atoms with van der Waals surface area (Å²) in [5.74, 6) is 0.226. The number of ether oxygens (including phenoxy) is 1. The van der Waals surface area contributed by atoms with Crippen molar-refractivity contribution in [1.29, 1.82) is 0 Å². The Balaban J connectivity index is 2.16. The molecule has 2 rings (SSSR count). The molecule has 0 saturated heterocycles. The number of hydrogen-bond donors (Lipinski definition) is 1. The molecule has 2 aromatic rings. The van der Waals surface area contributed by atoms with E-state index in [4.69, 9.17) is 16.3 Å². The van der Waals surface area contributed by atoms with E-state index in [0.717, 1.165) is 5.56 Å². The van der Waals surface area contributed by atoms with Crippen LogP contribution in [-0.2, 0) is 15.6 Å². The van der Waals surface area contributed by atoms with E-state index >= 15 is 0 Å². The molecule has 0 aliphatic heterocycles. The van der Waals surface area contributed by atoms with E-state index in [0.29, 0.717) is 5.75 Å². The van der Waals surface area contributed by atoms with Crippen molar-refractivity contribution >= 4 is 28.9 Å². The van der Waals surface area contributed by atoms with Gasteiger partial charge in [-0.25, -0.2) is 0 Å². The Labute approximate surface area is 176 Å². The lowest BCUT2D eigenvalue weighted by atomic mass is 9.80. The van der Waals surface area contributed by atoms with Crippen LogP contribution in [0.5, 0.6) is 5.75 Å². The number of nitro groups is 1. The Hall–Kier alpha value is -2.60. The standard InChI is InChI=1S/C22H27ClN2O4/c1-21(2,3)14-7-10-19(16(11-14)22(4,5)6)29-13-20(26)24-15-8-9-17(23)18(12-15)25(27)28/h7-12H,13H2,1-6H3,(H,24,26). The first-order valence-electron chi connectivity index (χ1n) is 9.30. The van der Waals surface area contributed by atoms with Crippen LogP contribution in [0.4, 0.5) is 11.4 Å². The number of benzene rings is 2. The van der Waals surface area contributed by atoms with Crippen LogP contribution >= 0.6 is 11.6 Å². The van der Waals surface area contributed by atoms with Crippen LogP contribution in [-0.4, -0.2) is 17.4 Å². The molecule has 1 N–H and O–H groups in total. The van der Waals surface area contributed by atoms with E-state index in [9.17, 15) is 14.9 Å². The zero-order valence-electron chi connectivity index (χ0n) is 17.6. The molecule has 0 aliphatic rings. The van der Waals surface area contributed by atoms with Gasteiger partial charge in [0.2, 0.25) is 0 Å². The van der Waals surface area contributed by atoms with Gasteiger partial charge >= 0.3 is 0 Å². The normalized spacial score (nSPS) is 11.8. The van der Waals surface area contributed by atoms with Gasteiger partial charge < -0.3 is 10.1 Å². The number of nitrogens with one attached hydrogen (secondary N) is 1. The maximum absolute atomic E-state index is 12.3. The second-order valence-electron chi connectivity index (χ2n) is 8.97. The van der Waals surface area contributed by atoms with Crippen molar-refractivity contribution in [3.8, 4) is 5.75 Å². The number of amides is 1. The quantitative estimate of drug-likeness (QED) is 0.487. The minimum Gasteiger partial charge on any atom is -0.483 e. The Morgan fingerprint density at radius 1 is 1.07 bits per heavy atom. The monoisotopic (exact) mass is 418 g/mol. The zero-order chi connectivity index (χ0) is 22.0. The molecule has 0 radical (unpaired) electrons. The van der Waals surface area contributed by atoms with E-state index < -0.39 is 10.8 Å². The van der Waals surface area contributed by atoms with Gasteiger partial charge in [0.25, 0.3) is 11.6 Å². The SMILES string of the molecule is CC(C)(C)c1ccc(OCC(=O)Nc2ccc(Cl)c([N+](=O)[O-])c2)c(C(C)(C)C)c1. The van der Waals surface area contributed by atoms with E-state index in [1.165, 1.54) is 23.8 Å². The zero-order valence-corrected chi connectivity index (χ0v) is 18.4. The minimum absolute atomic E-state index is 0.000788. The summed E-state index contributed by atoms with van der Waals surface area (Å²) in [6, 6.07) is 10.1. The lowest BCUT2D eigenvalue weighted by Gasteiger charge is -2.27. The number of carbonyl (C=O) groups is 1. The molecule has 0 heterocycles. The summed E-state index contributed by atoms with van der Waals surface area (Å²) in [5, 5.41) is 13.6. The summed E-state index contributed by atoms with van der Waals surface area (Å²) in [6.45, 7) is 12.5. The van der Waals surface area contributed by atoms with Gasteiger partial charge in [-0.3, -0.25) is 14.9 Å². The van der Waals surface area contributed by atoms with Crippen LogP contribution in [0, 0.1) is 10.1 Å². The van der Waals surface area contributed by atoms with E-state index in [1.54, 1.807) is 0 Å². The number of halogens is 1. The molecule has 0 atom stereocenters. The molecule has 0 fully saturated rings. The second kappa shape index (κ2) is 8.41. The average molecular weight is 419 g/mol. The first-order chi connectivity index (χ1) is 13.3. The molecule has 0 saturated carbocycles. The highest BCUT2D eigenvalue weighted by Crippen LogP contribution is 2.35. The maximum atomic E-state index is 12.3. The number of hydrogen-bond acceptors (Lipinski definition) is 4. The van der Waals surface area contributed by atoms with E-state index in [2.05, 4.69) is 52.9 Å². The highest BCUT2D eigenvalue weighted by molar-refractivity contribution is 6.32. The summed E-state index contributed by atoms with van der Waals surface area (Å²) in [4.78, 5) is 22.7. The summed E-state index contributed by atoms with van der Waals surface area (Å²) in [5.41, 5.74) is 2.06. The maximum Gasteiger partial charge on any atom is 0.289 e. The molecule has 29 heavy (non-hydrogen) atoms. The molecule has 6 nitrogen and oxygen atoms in total. The molecule has 0 aromatic heterocycles. The van der Waals surface area contributed by atoms with Crippen molar-refractivity contribution in [3.05, 3.63) is 62.7 Å². The Bertz CT molecular complexity index is 927. The molecule has 0 aliphatic carbocycles. The van der Waals surface area contributed by atoms with Crippen LogP contribution in [0.15, 0.2) is 36.4 Å². The summed E-state index contributed by atoms with van der Waals surface area (Å²) >= 11 is 5.79. The van der Waals surface area contributed by atoms with Gasteiger partial charge in [0.05, 0.1) is 4.92 Å². The molecule has 1 amide bonds. The Morgan fingerprint density at radius 3 is 2.28 bits per heavy atom. The molecule has 2 aromatic carbocycles. The van der Waals surface area contributed by atoms with E-state index in [1.807, 2.05) is 12.1 Å². The lowest BCUT2D eigenvalue weighted by Crippen LogP contribution is -2.22. The van der Waals surface area contributed by atoms with Gasteiger partial charge in [-0.1, -0.05) is 65.3 Å². The van der Waals surface area contributed by atoms with Gasteiger partial charge in [0.15, 0.2) is 6.61 Å². The third-order valence-electron chi connectivity index (χ3n) is 4.44. The first-order valence-corrected chi connectivity index (χ1v) is 9.68. The smallest absolute Gasteiger partial charge is 0.289 e. The van der Waals surface area contributed by atoms with Crippen LogP contribution in [0.2, 0.25) is 5.02 Å². The molecular formula is C22H27ClN2O4. The number of anilines is 1. The predicted octanol–water partition coefficient (Wildman–Crippen LogP) is 5.86. The average Bonchev–Trinajstić information content (AvgIpc) is 2.59. The third kappa shape index (κ3) is 5.94. The van der Waals surface area contributed by atoms with Crippen molar-refractivity contribution in [3.63, 3.8) is 0 Å². The number of nitro benzene ring substituents is 1. The fraction of sp³-hybridized carbons (Fsp3) is 0.409. The van der Waals surface area contributed by atoms with Crippen LogP contribution in [0.3, 0.4) is 0 Å². The fourth-order valence-corrected chi connectivity index (χ4v) is 2.97.